The topological polar surface area (TPSA) is 78.7 Å². The molecule has 0 unspecified atom stereocenters. The fraction of sp³-hybridized carbons (Fsp3) is 0.440. The molecule has 1 saturated heterocycles. The predicted molar refractivity (Wildman–Crippen MR) is 123 cm³/mol. The van der Waals surface area contributed by atoms with E-state index in [0.717, 1.165) is 64.1 Å². The minimum Gasteiger partial charge on any atom is -0.371 e. The maximum Gasteiger partial charge on any atom is 0.248 e. The van der Waals surface area contributed by atoms with Gasteiger partial charge in [-0.05, 0) is 61.1 Å². The first-order valence-electron chi connectivity index (χ1n) is 11.3. The summed E-state index contributed by atoms with van der Waals surface area (Å²) in [4.78, 5) is 28.7. The van der Waals surface area contributed by atoms with E-state index in [1.165, 1.54) is 11.1 Å². The number of hydrogen-bond donors (Lipinski definition) is 2. The number of nitrogens with zero attached hydrogens (tertiary/aromatic N) is 2. The zero-order valence-electron chi connectivity index (χ0n) is 18.1. The van der Waals surface area contributed by atoms with Crippen LogP contribution < -0.4 is 16.0 Å². The molecule has 31 heavy (non-hydrogen) atoms. The maximum absolute atomic E-state index is 12.7. The Balaban J connectivity index is 1.20. The van der Waals surface area contributed by atoms with Gasteiger partial charge in [-0.25, -0.2) is 0 Å². The Morgan fingerprint density at radius 1 is 1.03 bits per heavy atom. The number of amides is 2. The lowest BCUT2D eigenvalue weighted by Gasteiger charge is -2.34. The van der Waals surface area contributed by atoms with Crippen molar-refractivity contribution in [3.05, 3.63) is 65.2 Å². The predicted octanol–water partition coefficient (Wildman–Crippen LogP) is 2.57. The number of anilines is 1. The van der Waals surface area contributed by atoms with E-state index < -0.39 is 5.91 Å². The van der Waals surface area contributed by atoms with Crippen molar-refractivity contribution in [1.82, 2.24) is 10.2 Å². The summed E-state index contributed by atoms with van der Waals surface area (Å²) >= 11 is 0. The fourth-order valence-electron chi connectivity index (χ4n) is 4.67. The first-order chi connectivity index (χ1) is 15.1. The van der Waals surface area contributed by atoms with Crippen LogP contribution in [0.25, 0.3) is 0 Å². The van der Waals surface area contributed by atoms with Crippen LogP contribution in [0.2, 0.25) is 0 Å². The molecule has 0 aliphatic carbocycles. The van der Waals surface area contributed by atoms with Gasteiger partial charge in [-0.1, -0.05) is 24.3 Å². The molecule has 2 amide bonds. The Kier molecular flexibility index (Phi) is 6.87. The van der Waals surface area contributed by atoms with E-state index in [1.54, 1.807) is 12.1 Å². The summed E-state index contributed by atoms with van der Waals surface area (Å²) in [6.07, 6.45) is 3.99. The number of nitrogens with one attached hydrogen (secondary N) is 1. The third kappa shape index (κ3) is 5.44. The second-order valence-corrected chi connectivity index (χ2v) is 8.64. The van der Waals surface area contributed by atoms with Gasteiger partial charge in [0.05, 0.1) is 5.92 Å². The summed E-state index contributed by atoms with van der Waals surface area (Å²) in [5.41, 5.74) is 9.77. The third-order valence-corrected chi connectivity index (χ3v) is 6.47. The molecular formula is C25H32N4O2. The normalized spacial score (nSPS) is 19.0. The average Bonchev–Trinajstić information content (AvgIpc) is 2.81. The summed E-state index contributed by atoms with van der Waals surface area (Å²) in [6.45, 7) is 5.48. The van der Waals surface area contributed by atoms with Gasteiger partial charge >= 0.3 is 0 Å². The van der Waals surface area contributed by atoms with E-state index in [-0.39, 0.29) is 11.8 Å². The molecule has 164 valence electrons. The van der Waals surface area contributed by atoms with Gasteiger partial charge in [0.15, 0.2) is 0 Å². The van der Waals surface area contributed by atoms with Crippen LogP contribution in [0.15, 0.2) is 48.5 Å². The van der Waals surface area contributed by atoms with Crippen molar-refractivity contribution in [1.29, 1.82) is 0 Å². The molecule has 6 nitrogen and oxygen atoms in total. The van der Waals surface area contributed by atoms with Crippen LogP contribution in [-0.4, -0.2) is 49.4 Å². The number of rotatable bonds is 7. The second-order valence-electron chi connectivity index (χ2n) is 8.64. The van der Waals surface area contributed by atoms with Gasteiger partial charge in [0.25, 0.3) is 0 Å². The Labute approximate surface area is 184 Å². The second kappa shape index (κ2) is 9.96. The first kappa shape index (κ1) is 21.4. The van der Waals surface area contributed by atoms with Crippen LogP contribution in [0.1, 0.15) is 40.7 Å². The highest BCUT2D eigenvalue weighted by molar-refractivity contribution is 5.93. The van der Waals surface area contributed by atoms with Crippen molar-refractivity contribution in [2.75, 3.05) is 37.6 Å². The summed E-state index contributed by atoms with van der Waals surface area (Å²) in [7, 11) is 0. The smallest absolute Gasteiger partial charge is 0.248 e. The zero-order chi connectivity index (χ0) is 21.6. The highest BCUT2D eigenvalue weighted by atomic mass is 16.2. The minimum atomic E-state index is -0.420. The van der Waals surface area contributed by atoms with Crippen molar-refractivity contribution in [3.8, 4) is 0 Å². The van der Waals surface area contributed by atoms with E-state index in [1.807, 2.05) is 12.1 Å². The van der Waals surface area contributed by atoms with Crippen molar-refractivity contribution >= 4 is 17.5 Å². The van der Waals surface area contributed by atoms with E-state index in [9.17, 15) is 9.59 Å². The van der Waals surface area contributed by atoms with Gasteiger partial charge in [0, 0.05) is 50.5 Å². The molecule has 2 aliphatic rings. The molecular weight excluding hydrogens is 388 g/mol. The van der Waals surface area contributed by atoms with Gasteiger partial charge in [-0.2, -0.15) is 0 Å². The molecule has 4 rings (SSSR count). The molecule has 6 heteroatoms. The monoisotopic (exact) mass is 420 g/mol. The summed E-state index contributed by atoms with van der Waals surface area (Å²) in [6, 6.07) is 16.0. The molecule has 2 aromatic carbocycles. The molecule has 1 atom stereocenters. The Morgan fingerprint density at radius 3 is 2.58 bits per heavy atom. The molecule has 0 radical (unpaired) electrons. The molecule has 0 bridgehead atoms. The lowest BCUT2D eigenvalue weighted by Crippen LogP contribution is -2.43. The Morgan fingerprint density at radius 2 is 1.81 bits per heavy atom. The molecule has 3 N–H and O–H groups in total. The average molecular weight is 421 g/mol. The van der Waals surface area contributed by atoms with Gasteiger partial charge < -0.3 is 16.0 Å². The Bertz CT molecular complexity index is 912. The molecule has 2 aromatic rings. The summed E-state index contributed by atoms with van der Waals surface area (Å²) in [5, 5.41) is 3.15. The molecule has 0 aromatic heterocycles. The van der Waals surface area contributed by atoms with E-state index in [0.29, 0.717) is 12.1 Å². The molecule has 2 aliphatic heterocycles. The number of carbonyl (C=O) groups excluding carboxylic acids is 2. The van der Waals surface area contributed by atoms with E-state index in [2.05, 4.69) is 39.4 Å². The summed E-state index contributed by atoms with van der Waals surface area (Å²) in [5.74, 6) is -0.259. The lowest BCUT2D eigenvalue weighted by molar-refractivity contribution is -0.125. The van der Waals surface area contributed by atoms with Gasteiger partial charge in [-0.3, -0.25) is 14.5 Å². The van der Waals surface area contributed by atoms with Crippen molar-refractivity contribution < 1.29 is 9.59 Å². The maximum atomic E-state index is 12.7. The highest BCUT2D eigenvalue weighted by Gasteiger charge is 2.26. The highest BCUT2D eigenvalue weighted by Crippen LogP contribution is 2.24. The third-order valence-electron chi connectivity index (χ3n) is 6.47. The van der Waals surface area contributed by atoms with Gasteiger partial charge in [0.1, 0.15) is 0 Å². The Hall–Kier alpha value is -2.86. The number of piperidine rings is 1. The quantitative estimate of drug-likeness (QED) is 0.675. The van der Waals surface area contributed by atoms with Crippen LogP contribution in [0.5, 0.6) is 0 Å². The molecule has 1 fully saturated rings. The number of carbonyl (C=O) groups is 2. The van der Waals surface area contributed by atoms with Gasteiger partial charge in [-0.15, -0.1) is 0 Å². The van der Waals surface area contributed by atoms with Gasteiger partial charge in [0.2, 0.25) is 11.8 Å². The van der Waals surface area contributed by atoms with Crippen molar-refractivity contribution in [2.24, 2.45) is 11.7 Å². The minimum absolute atomic E-state index is 0.00595. The molecule has 0 spiro atoms. The van der Waals surface area contributed by atoms with Crippen LogP contribution in [0.4, 0.5) is 5.69 Å². The lowest BCUT2D eigenvalue weighted by atomic mass is 9.96. The largest absolute Gasteiger partial charge is 0.371 e. The van der Waals surface area contributed by atoms with Crippen molar-refractivity contribution in [2.45, 2.75) is 32.2 Å². The SMILES string of the molecule is NC(=O)c1ccc(N2CCC[C@@H](C(=O)NCCCN3CCc4ccccc4C3)C2)cc1. The van der Waals surface area contributed by atoms with Crippen LogP contribution in [0, 0.1) is 5.92 Å². The van der Waals surface area contributed by atoms with Crippen LogP contribution in [-0.2, 0) is 17.8 Å². The fourth-order valence-corrected chi connectivity index (χ4v) is 4.67. The number of fused-ring (bicyclic) bond motifs is 1. The molecule has 0 saturated carbocycles. The van der Waals surface area contributed by atoms with Crippen molar-refractivity contribution in [3.63, 3.8) is 0 Å². The van der Waals surface area contributed by atoms with Crippen LogP contribution in [0.3, 0.4) is 0 Å². The standard InChI is InChI=1S/C25H32N4O2/c26-24(30)20-8-10-23(11-9-20)29-15-3-7-22(18-29)25(31)27-13-4-14-28-16-12-19-5-1-2-6-21(19)17-28/h1-2,5-6,8-11,22H,3-4,7,12-18H2,(H2,26,30)(H,27,31)/t22-/m1/s1. The van der Waals surface area contributed by atoms with E-state index in [4.69, 9.17) is 5.73 Å². The number of hydrogen-bond acceptors (Lipinski definition) is 4. The first-order valence-corrected chi connectivity index (χ1v) is 11.3. The van der Waals surface area contributed by atoms with E-state index >= 15 is 0 Å². The number of benzene rings is 2. The zero-order valence-corrected chi connectivity index (χ0v) is 18.1. The number of nitrogens with two attached hydrogens (primary N) is 1. The van der Waals surface area contributed by atoms with Crippen LogP contribution >= 0.6 is 0 Å². The number of primary amides is 1. The summed E-state index contributed by atoms with van der Waals surface area (Å²) < 4.78 is 0. The molecule has 2 heterocycles.